The van der Waals surface area contributed by atoms with Crippen molar-refractivity contribution in [2.45, 2.75) is 25.3 Å². The van der Waals surface area contributed by atoms with Crippen molar-refractivity contribution in [3.63, 3.8) is 0 Å². The number of likely N-dealkylation sites (N-methyl/N-ethyl adjacent to an activating group) is 1. The first-order valence-corrected chi connectivity index (χ1v) is 12.2. The molecule has 0 aliphatic carbocycles. The smallest absolute Gasteiger partial charge is 0.262 e. The molecular weight excluding hydrogens is 457 g/mol. The van der Waals surface area contributed by atoms with Crippen molar-refractivity contribution < 1.29 is 22.4 Å². The normalized spacial score (nSPS) is 11.0. The van der Waals surface area contributed by atoms with E-state index in [4.69, 9.17) is 0 Å². The fraction of sp³-hybridized carbons (Fsp3) is 0.200. The Labute approximate surface area is 198 Å². The number of nitrogens with zero attached hydrogens (tertiary/aromatic N) is 1. The van der Waals surface area contributed by atoms with Crippen LogP contribution < -0.4 is 10.0 Å². The van der Waals surface area contributed by atoms with Gasteiger partial charge in [-0.3, -0.25) is 14.3 Å². The van der Waals surface area contributed by atoms with Crippen molar-refractivity contribution in [3.8, 4) is 0 Å². The van der Waals surface area contributed by atoms with E-state index in [0.29, 0.717) is 18.7 Å². The summed E-state index contributed by atoms with van der Waals surface area (Å²) in [4.78, 5) is 26.8. The van der Waals surface area contributed by atoms with E-state index < -0.39 is 21.7 Å². The predicted molar refractivity (Wildman–Crippen MR) is 128 cm³/mol. The Morgan fingerprint density at radius 1 is 0.971 bits per heavy atom. The van der Waals surface area contributed by atoms with Crippen molar-refractivity contribution >= 4 is 27.5 Å². The fourth-order valence-electron chi connectivity index (χ4n) is 3.30. The van der Waals surface area contributed by atoms with Crippen LogP contribution in [-0.2, 0) is 21.4 Å². The monoisotopic (exact) mass is 483 g/mol. The molecule has 0 spiro atoms. The molecule has 7 nitrogen and oxygen atoms in total. The van der Waals surface area contributed by atoms with Gasteiger partial charge in [0.2, 0.25) is 5.91 Å². The van der Waals surface area contributed by atoms with Gasteiger partial charge in [0.15, 0.2) is 0 Å². The maximum Gasteiger partial charge on any atom is 0.262 e. The zero-order chi connectivity index (χ0) is 24.7. The number of rotatable bonds is 9. The van der Waals surface area contributed by atoms with Gasteiger partial charge in [0.05, 0.1) is 17.1 Å². The fourth-order valence-corrected chi connectivity index (χ4v) is 4.40. The molecule has 0 fully saturated rings. The first-order chi connectivity index (χ1) is 16.2. The van der Waals surface area contributed by atoms with Crippen LogP contribution in [0, 0.1) is 12.7 Å². The number of aryl methyl sites for hydroxylation is 1. The second kappa shape index (κ2) is 10.9. The second-order valence-electron chi connectivity index (χ2n) is 7.64. The summed E-state index contributed by atoms with van der Waals surface area (Å²) >= 11 is 0. The van der Waals surface area contributed by atoms with Gasteiger partial charge in [0.25, 0.3) is 15.9 Å². The number of carbonyl (C=O) groups excluding carboxylic acids is 2. The lowest BCUT2D eigenvalue weighted by atomic mass is 10.1. The van der Waals surface area contributed by atoms with Gasteiger partial charge in [-0.05, 0) is 49.2 Å². The Balaban J connectivity index is 1.70. The number of carbonyl (C=O) groups is 2. The Morgan fingerprint density at radius 3 is 2.32 bits per heavy atom. The number of hydrogen-bond acceptors (Lipinski definition) is 4. The summed E-state index contributed by atoms with van der Waals surface area (Å²) < 4.78 is 41.6. The maximum absolute atomic E-state index is 13.9. The van der Waals surface area contributed by atoms with Crippen LogP contribution in [-0.4, -0.2) is 38.2 Å². The van der Waals surface area contributed by atoms with E-state index in [1.165, 1.54) is 36.4 Å². The molecule has 0 unspecified atom stereocenters. The summed E-state index contributed by atoms with van der Waals surface area (Å²) in [6, 6.07) is 18.9. The summed E-state index contributed by atoms with van der Waals surface area (Å²) in [5, 5.41) is 2.57. The minimum absolute atomic E-state index is 0.107. The van der Waals surface area contributed by atoms with Crippen LogP contribution in [0.15, 0.2) is 77.7 Å². The molecule has 178 valence electrons. The summed E-state index contributed by atoms with van der Waals surface area (Å²) in [6.45, 7) is 4.16. The number of sulfonamides is 1. The summed E-state index contributed by atoms with van der Waals surface area (Å²) in [5.41, 5.74) is 1.42. The summed E-state index contributed by atoms with van der Waals surface area (Å²) in [5.74, 6) is -1.56. The zero-order valence-electron chi connectivity index (χ0n) is 18.9. The second-order valence-corrected chi connectivity index (χ2v) is 9.32. The highest BCUT2D eigenvalue weighted by molar-refractivity contribution is 7.92. The molecule has 2 N–H and O–H groups in total. The van der Waals surface area contributed by atoms with Crippen molar-refractivity contribution in [1.82, 2.24) is 10.2 Å². The predicted octanol–water partition coefficient (Wildman–Crippen LogP) is 3.71. The van der Waals surface area contributed by atoms with Crippen LogP contribution in [0.1, 0.15) is 28.4 Å². The van der Waals surface area contributed by atoms with Crippen LogP contribution in [0.3, 0.4) is 0 Å². The molecule has 0 saturated carbocycles. The van der Waals surface area contributed by atoms with E-state index in [1.54, 1.807) is 11.8 Å². The van der Waals surface area contributed by atoms with Crippen LogP contribution in [0.25, 0.3) is 0 Å². The molecule has 3 rings (SSSR count). The van der Waals surface area contributed by atoms with Gasteiger partial charge in [-0.25, -0.2) is 12.8 Å². The molecule has 0 saturated heterocycles. The SMILES string of the molecule is CCN(Cc1ccccc1)C(=O)CNC(=O)c1cc(S(=O)(=O)Nc2ccccc2F)ccc1C. The topological polar surface area (TPSA) is 95.6 Å². The average Bonchev–Trinajstić information content (AvgIpc) is 2.83. The van der Waals surface area contributed by atoms with Crippen molar-refractivity contribution in [2.75, 3.05) is 17.8 Å². The lowest BCUT2D eigenvalue weighted by molar-refractivity contribution is -0.130. The molecule has 9 heteroatoms. The number of amides is 2. The van der Waals surface area contributed by atoms with Gasteiger partial charge >= 0.3 is 0 Å². The highest BCUT2D eigenvalue weighted by Gasteiger charge is 2.20. The molecular formula is C25H26FN3O4S. The quantitative estimate of drug-likeness (QED) is 0.485. The van der Waals surface area contributed by atoms with E-state index in [0.717, 1.165) is 11.6 Å². The molecule has 0 aliphatic heterocycles. The number of anilines is 1. The van der Waals surface area contributed by atoms with Gasteiger partial charge in [-0.2, -0.15) is 0 Å². The number of nitrogens with one attached hydrogen (secondary N) is 2. The Kier molecular flexibility index (Phi) is 8.01. The maximum atomic E-state index is 13.9. The van der Waals surface area contributed by atoms with Crippen LogP contribution >= 0.6 is 0 Å². The lowest BCUT2D eigenvalue weighted by Crippen LogP contribution is -2.40. The third-order valence-electron chi connectivity index (χ3n) is 5.23. The van der Waals surface area contributed by atoms with E-state index in [-0.39, 0.29) is 28.6 Å². The minimum Gasteiger partial charge on any atom is -0.343 e. The van der Waals surface area contributed by atoms with E-state index in [2.05, 4.69) is 10.0 Å². The van der Waals surface area contributed by atoms with Crippen LogP contribution in [0.2, 0.25) is 0 Å². The number of halogens is 1. The summed E-state index contributed by atoms with van der Waals surface area (Å²) in [7, 11) is -4.14. The highest BCUT2D eigenvalue weighted by atomic mass is 32.2. The third-order valence-corrected chi connectivity index (χ3v) is 6.60. The first-order valence-electron chi connectivity index (χ1n) is 10.7. The number of para-hydroxylation sites is 1. The first kappa shape index (κ1) is 24.9. The third kappa shape index (κ3) is 6.20. The van der Waals surface area contributed by atoms with Crippen molar-refractivity contribution in [1.29, 1.82) is 0 Å². The van der Waals surface area contributed by atoms with Crippen molar-refractivity contribution in [3.05, 3.63) is 95.3 Å². The van der Waals surface area contributed by atoms with Crippen LogP contribution in [0.5, 0.6) is 0 Å². The number of hydrogen-bond donors (Lipinski definition) is 2. The molecule has 0 radical (unpaired) electrons. The Hall–Kier alpha value is -3.72. The Bertz CT molecular complexity index is 1280. The molecule has 3 aromatic carbocycles. The van der Waals surface area contributed by atoms with E-state index >= 15 is 0 Å². The van der Waals surface area contributed by atoms with Gasteiger partial charge in [-0.1, -0.05) is 48.5 Å². The molecule has 0 atom stereocenters. The molecule has 0 heterocycles. The molecule has 3 aromatic rings. The Morgan fingerprint density at radius 2 is 1.65 bits per heavy atom. The standard InChI is InChI=1S/C25H26FN3O4S/c1-3-29(17-19-9-5-4-6-10-19)24(30)16-27-25(31)21-15-20(14-13-18(21)2)34(32,33)28-23-12-8-7-11-22(23)26/h4-15,28H,3,16-17H2,1-2H3,(H,27,31). The van der Waals surface area contributed by atoms with E-state index in [1.807, 2.05) is 37.3 Å². The molecule has 0 aliphatic rings. The molecule has 34 heavy (non-hydrogen) atoms. The highest BCUT2D eigenvalue weighted by Crippen LogP contribution is 2.21. The van der Waals surface area contributed by atoms with Gasteiger partial charge in [0, 0.05) is 18.7 Å². The van der Waals surface area contributed by atoms with Gasteiger partial charge in [-0.15, -0.1) is 0 Å². The average molecular weight is 484 g/mol. The van der Waals surface area contributed by atoms with Gasteiger partial charge < -0.3 is 10.2 Å². The van der Waals surface area contributed by atoms with Gasteiger partial charge in [0.1, 0.15) is 5.82 Å². The molecule has 2 amide bonds. The van der Waals surface area contributed by atoms with E-state index in [9.17, 15) is 22.4 Å². The minimum atomic E-state index is -4.14. The lowest BCUT2D eigenvalue weighted by Gasteiger charge is -2.21. The largest absolute Gasteiger partial charge is 0.343 e. The van der Waals surface area contributed by atoms with Crippen LogP contribution in [0.4, 0.5) is 10.1 Å². The van der Waals surface area contributed by atoms with Crippen molar-refractivity contribution in [2.24, 2.45) is 0 Å². The number of benzene rings is 3. The summed E-state index contributed by atoms with van der Waals surface area (Å²) in [6.07, 6.45) is 0. The molecule has 0 bridgehead atoms. The zero-order valence-corrected chi connectivity index (χ0v) is 19.7. The molecule has 0 aromatic heterocycles.